The lowest BCUT2D eigenvalue weighted by molar-refractivity contribution is -0.133. The molecule has 1 aromatic heterocycles. The summed E-state index contributed by atoms with van der Waals surface area (Å²) >= 11 is 0. The quantitative estimate of drug-likeness (QED) is 0.785. The number of Topliss-reactive ketones (excluding diaryl/α,β-unsaturated/α-hetero) is 1. The van der Waals surface area contributed by atoms with E-state index in [-0.39, 0.29) is 5.69 Å². The van der Waals surface area contributed by atoms with Crippen LogP contribution in [0, 0.1) is 6.92 Å². The van der Waals surface area contributed by atoms with Gasteiger partial charge in [0.05, 0.1) is 11.9 Å². The Hall–Kier alpha value is -1.91. The summed E-state index contributed by atoms with van der Waals surface area (Å²) in [4.78, 5) is 15.8. The van der Waals surface area contributed by atoms with Gasteiger partial charge in [-0.25, -0.2) is 4.98 Å². The summed E-state index contributed by atoms with van der Waals surface area (Å²) in [5.74, 6) is -0.578. The second-order valence-corrected chi connectivity index (χ2v) is 4.38. The van der Waals surface area contributed by atoms with E-state index in [1.165, 1.54) is 0 Å². The highest BCUT2D eigenvalue weighted by Gasteiger charge is 2.28. The summed E-state index contributed by atoms with van der Waals surface area (Å²) in [7, 11) is 0. The lowest BCUT2D eigenvalue weighted by Crippen LogP contribution is -2.12. The van der Waals surface area contributed by atoms with Gasteiger partial charge in [0.15, 0.2) is 5.78 Å². The van der Waals surface area contributed by atoms with Crippen molar-refractivity contribution in [3.05, 3.63) is 41.6 Å². The van der Waals surface area contributed by atoms with E-state index in [1.807, 2.05) is 19.1 Å². The molecule has 1 aromatic carbocycles. The van der Waals surface area contributed by atoms with Gasteiger partial charge in [0.2, 0.25) is 0 Å². The van der Waals surface area contributed by atoms with Crippen molar-refractivity contribution in [1.29, 1.82) is 0 Å². The van der Waals surface area contributed by atoms with Gasteiger partial charge >= 0.3 is 6.18 Å². The fraction of sp³-hybridized carbons (Fsp3) is 0.286. The van der Waals surface area contributed by atoms with Gasteiger partial charge in [0.25, 0.3) is 0 Å². The van der Waals surface area contributed by atoms with Gasteiger partial charge in [-0.15, -0.1) is 0 Å². The van der Waals surface area contributed by atoms with Crippen molar-refractivity contribution in [3.8, 4) is 0 Å². The van der Waals surface area contributed by atoms with Crippen molar-refractivity contribution in [2.75, 3.05) is 0 Å². The number of carbonyl (C=O) groups is 1. The second-order valence-electron chi connectivity index (χ2n) is 4.38. The number of alkyl halides is 3. The van der Waals surface area contributed by atoms with Crippen molar-refractivity contribution in [2.45, 2.75) is 25.9 Å². The minimum absolute atomic E-state index is 0.0976. The van der Waals surface area contributed by atoms with E-state index < -0.39 is 24.8 Å². The summed E-state index contributed by atoms with van der Waals surface area (Å²) in [6.07, 6.45) is -5.99. The fourth-order valence-corrected chi connectivity index (χ4v) is 1.88. The predicted molar refractivity (Wildman–Crippen MR) is 66.1 cm³/mol. The second kappa shape index (κ2) is 4.99. The van der Waals surface area contributed by atoms with Crippen LogP contribution < -0.4 is 0 Å². The van der Waals surface area contributed by atoms with Crippen LogP contribution in [0.4, 0.5) is 13.2 Å². The number of halogens is 3. The third-order valence-corrected chi connectivity index (χ3v) is 2.84. The molecule has 0 aliphatic carbocycles. The Bertz CT molecular complexity index is 620. The Morgan fingerprint density at radius 1 is 1.26 bits per heavy atom. The van der Waals surface area contributed by atoms with E-state index in [4.69, 9.17) is 0 Å². The molecule has 19 heavy (non-hydrogen) atoms. The van der Waals surface area contributed by atoms with Crippen LogP contribution in [0.1, 0.15) is 28.9 Å². The van der Waals surface area contributed by atoms with Crippen molar-refractivity contribution in [3.63, 3.8) is 0 Å². The molecular formula is C14H12F3NO. The number of rotatable bonds is 3. The Balaban J connectivity index is 2.28. The molecule has 0 amide bonds. The topological polar surface area (TPSA) is 30.0 Å². The highest BCUT2D eigenvalue weighted by Crippen LogP contribution is 2.23. The molecule has 100 valence electrons. The zero-order valence-corrected chi connectivity index (χ0v) is 10.3. The number of hydrogen-bond donors (Lipinski definition) is 0. The molecule has 0 aliphatic rings. The summed E-state index contributed by atoms with van der Waals surface area (Å²) in [6, 6.07) is 8.77. The number of aryl methyl sites for hydroxylation is 1. The molecule has 0 saturated carbocycles. The number of benzene rings is 1. The minimum Gasteiger partial charge on any atom is -0.292 e. The van der Waals surface area contributed by atoms with Gasteiger partial charge < -0.3 is 0 Å². The first-order chi connectivity index (χ1) is 8.87. The van der Waals surface area contributed by atoms with Gasteiger partial charge in [-0.05, 0) is 24.6 Å². The van der Waals surface area contributed by atoms with Crippen LogP contribution in [0.3, 0.4) is 0 Å². The molecule has 2 aromatic rings. The van der Waals surface area contributed by atoms with Gasteiger partial charge in [0.1, 0.15) is 5.69 Å². The summed E-state index contributed by atoms with van der Waals surface area (Å²) < 4.78 is 36.3. The first-order valence-corrected chi connectivity index (χ1v) is 5.83. The molecule has 1 heterocycles. The molecule has 0 spiro atoms. The first-order valence-electron chi connectivity index (χ1n) is 5.83. The Morgan fingerprint density at radius 3 is 2.63 bits per heavy atom. The Morgan fingerprint density at radius 2 is 1.95 bits per heavy atom. The van der Waals surface area contributed by atoms with E-state index in [9.17, 15) is 18.0 Å². The van der Waals surface area contributed by atoms with Crippen LogP contribution in [-0.4, -0.2) is 16.9 Å². The Kier molecular flexibility index (Phi) is 3.55. The van der Waals surface area contributed by atoms with Crippen LogP contribution in [0.2, 0.25) is 0 Å². The largest absolute Gasteiger partial charge is 0.389 e. The van der Waals surface area contributed by atoms with Crippen LogP contribution in [0.15, 0.2) is 30.3 Å². The van der Waals surface area contributed by atoms with Crippen LogP contribution in [0.5, 0.6) is 0 Å². The van der Waals surface area contributed by atoms with Crippen molar-refractivity contribution in [2.24, 2.45) is 0 Å². The van der Waals surface area contributed by atoms with E-state index in [0.717, 1.165) is 10.9 Å². The molecule has 0 saturated heterocycles. The summed E-state index contributed by atoms with van der Waals surface area (Å²) in [6.45, 7) is 1.81. The maximum atomic E-state index is 12.1. The average molecular weight is 267 g/mol. The monoisotopic (exact) mass is 267 g/mol. The molecular weight excluding hydrogens is 255 g/mol. The number of nitrogens with zero attached hydrogens (tertiary/aromatic N) is 1. The predicted octanol–water partition coefficient (Wildman–Crippen LogP) is 4.07. The third-order valence-electron chi connectivity index (χ3n) is 2.84. The normalized spacial score (nSPS) is 11.8. The molecule has 5 heteroatoms. The van der Waals surface area contributed by atoms with Crippen molar-refractivity contribution >= 4 is 16.7 Å². The number of carbonyl (C=O) groups excluding carboxylic acids is 1. The molecule has 0 atom stereocenters. The van der Waals surface area contributed by atoms with E-state index in [1.54, 1.807) is 18.2 Å². The molecule has 0 radical (unpaired) electrons. The molecule has 0 aliphatic heterocycles. The van der Waals surface area contributed by atoms with Gasteiger partial charge in [0, 0.05) is 11.8 Å². The van der Waals surface area contributed by atoms with Crippen LogP contribution in [-0.2, 0) is 0 Å². The standard InChI is InChI=1S/C14H12F3NO/c1-9-8-12(13(19)6-7-14(15,16)17)18-11-5-3-2-4-10(9)11/h2-5,8H,6-7H2,1H3. The van der Waals surface area contributed by atoms with Crippen molar-refractivity contribution < 1.29 is 18.0 Å². The Labute approximate surface area is 108 Å². The molecule has 2 rings (SSSR count). The molecule has 0 N–H and O–H groups in total. The summed E-state index contributed by atoms with van der Waals surface area (Å²) in [5, 5.41) is 0.898. The van der Waals surface area contributed by atoms with Crippen LogP contribution >= 0.6 is 0 Å². The van der Waals surface area contributed by atoms with E-state index in [2.05, 4.69) is 4.98 Å². The highest BCUT2D eigenvalue weighted by molar-refractivity contribution is 5.97. The number of hydrogen-bond acceptors (Lipinski definition) is 2. The first kappa shape index (κ1) is 13.5. The molecule has 0 bridgehead atoms. The molecule has 2 nitrogen and oxygen atoms in total. The number of aromatic nitrogens is 1. The fourth-order valence-electron chi connectivity index (χ4n) is 1.88. The van der Waals surface area contributed by atoms with E-state index >= 15 is 0 Å². The number of pyridine rings is 1. The third kappa shape index (κ3) is 3.30. The highest BCUT2D eigenvalue weighted by atomic mass is 19.4. The van der Waals surface area contributed by atoms with Gasteiger partial charge in [-0.2, -0.15) is 13.2 Å². The van der Waals surface area contributed by atoms with Crippen LogP contribution in [0.25, 0.3) is 10.9 Å². The smallest absolute Gasteiger partial charge is 0.292 e. The number of para-hydroxylation sites is 1. The van der Waals surface area contributed by atoms with Gasteiger partial charge in [-0.3, -0.25) is 4.79 Å². The zero-order valence-electron chi connectivity index (χ0n) is 10.3. The van der Waals surface area contributed by atoms with Crippen molar-refractivity contribution in [1.82, 2.24) is 4.98 Å². The minimum atomic E-state index is -4.32. The molecule has 0 unspecified atom stereocenters. The number of fused-ring (bicyclic) bond motifs is 1. The van der Waals surface area contributed by atoms with Gasteiger partial charge in [-0.1, -0.05) is 18.2 Å². The maximum Gasteiger partial charge on any atom is 0.389 e. The number of ketones is 1. The maximum absolute atomic E-state index is 12.1. The van der Waals surface area contributed by atoms with E-state index in [0.29, 0.717) is 5.52 Å². The SMILES string of the molecule is Cc1cc(C(=O)CCC(F)(F)F)nc2ccccc12. The zero-order chi connectivity index (χ0) is 14.0. The molecule has 0 fully saturated rings. The summed E-state index contributed by atoms with van der Waals surface area (Å²) in [5.41, 5.74) is 1.55. The lowest BCUT2D eigenvalue weighted by atomic mass is 10.1. The average Bonchev–Trinajstić information content (AvgIpc) is 2.35. The lowest BCUT2D eigenvalue weighted by Gasteiger charge is -2.07.